The van der Waals surface area contributed by atoms with E-state index in [1.54, 1.807) is 12.4 Å². The summed E-state index contributed by atoms with van der Waals surface area (Å²) in [6, 6.07) is 0. The van der Waals surface area contributed by atoms with Crippen molar-refractivity contribution in [2.45, 2.75) is 32.2 Å². The quantitative estimate of drug-likeness (QED) is 0.730. The van der Waals surface area contributed by atoms with Crippen LogP contribution in [-0.2, 0) is 15.1 Å². The minimum absolute atomic E-state index is 0.0261. The number of fused-ring (bicyclic) bond motifs is 3. The molecule has 0 amide bonds. The third kappa shape index (κ3) is 1.37. The fraction of sp³-hybridized carbons (Fsp3) is 0.467. The Morgan fingerprint density at radius 1 is 1.10 bits per heavy atom. The second-order valence-corrected chi connectivity index (χ2v) is 6.01. The maximum atomic E-state index is 12.8. The topological polar surface area (TPSA) is 84.6 Å². The third-order valence-corrected chi connectivity index (χ3v) is 5.06. The molecule has 0 aromatic carbocycles. The van der Waals surface area contributed by atoms with E-state index < -0.39 is 5.54 Å². The maximum Gasteiger partial charge on any atom is 0.165 e. The lowest BCUT2D eigenvalue weighted by molar-refractivity contribution is -0.129. The summed E-state index contributed by atoms with van der Waals surface area (Å²) in [6.45, 7) is 3.65. The van der Waals surface area contributed by atoms with Crippen LogP contribution in [0, 0.1) is 11.8 Å². The van der Waals surface area contributed by atoms with Crippen molar-refractivity contribution in [3.05, 3.63) is 29.1 Å². The molecule has 0 N–H and O–H groups in total. The Hall–Kier alpha value is -2.24. The van der Waals surface area contributed by atoms with E-state index in [1.807, 2.05) is 13.8 Å². The van der Waals surface area contributed by atoms with Crippen LogP contribution in [0.25, 0.3) is 0 Å². The number of rotatable bonds is 0. The van der Waals surface area contributed by atoms with Gasteiger partial charge >= 0.3 is 0 Å². The first-order valence-corrected chi connectivity index (χ1v) is 7.12. The summed E-state index contributed by atoms with van der Waals surface area (Å²) < 4.78 is 0. The fourth-order valence-corrected chi connectivity index (χ4v) is 3.64. The van der Waals surface area contributed by atoms with Crippen molar-refractivity contribution in [1.82, 2.24) is 10.2 Å². The lowest BCUT2D eigenvalue weighted by Crippen LogP contribution is -2.38. The Labute approximate surface area is 121 Å². The minimum Gasteiger partial charge on any atom is -0.294 e. The van der Waals surface area contributed by atoms with Crippen molar-refractivity contribution in [3.8, 4) is 0 Å². The maximum absolute atomic E-state index is 12.8. The van der Waals surface area contributed by atoms with Crippen molar-refractivity contribution in [2.75, 3.05) is 0 Å². The van der Waals surface area contributed by atoms with Crippen molar-refractivity contribution >= 4 is 17.3 Å². The minimum atomic E-state index is -0.804. The average Bonchev–Trinajstić information content (AvgIpc) is 3.07. The van der Waals surface area contributed by atoms with E-state index in [0.717, 1.165) is 5.56 Å². The van der Waals surface area contributed by atoms with Crippen LogP contribution in [0.2, 0.25) is 0 Å². The molecule has 0 saturated carbocycles. The highest BCUT2D eigenvalue weighted by atomic mass is 16.1. The number of carbonyl (C=O) groups is 2. The lowest BCUT2D eigenvalue weighted by Gasteiger charge is -2.30. The van der Waals surface area contributed by atoms with E-state index in [4.69, 9.17) is 0 Å². The predicted molar refractivity (Wildman–Crippen MR) is 72.8 cm³/mol. The number of azo groups is 1. The number of Topliss-reactive ketones (excluding diaryl/α,β-unsaturated/α-hetero) is 2. The number of nitrogens with zero attached hydrogens (tertiary/aromatic N) is 4. The van der Waals surface area contributed by atoms with Gasteiger partial charge in [-0.15, -0.1) is 0 Å². The molecule has 0 saturated heterocycles. The molecule has 3 aliphatic rings. The number of aromatic nitrogens is 2. The van der Waals surface area contributed by atoms with E-state index in [9.17, 15) is 9.59 Å². The molecule has 3 unspecified atom stereocenters. The van der Waals surface area contributed by atoms with Gasteiger partial charge in [-0.05, 0) is 12.8 Å². The monoisotopic (exact) mass is 282 g/mol. The van der Waals surface area contributed by atoms with Crippen LogP contribution in [0.3, 0.4) is 0 Å². The molecule has 3 atom stereocenters. The first-order chi connectivity index (χ1) is 10.1. The molecular formula is C15H14N4O2. The lowest BCUT2D eigenvalue weighted by atomic mass is 9.72. The summed E-state index contributed by atoms with van der Waals surface area (Å²) in [7, 11) is 0. The molecule has 1 aromatic rings. The fourth-order valence-electron chi connectivity index (χ4n) is 3.64. The Balaban J connectivity index is 1.96. The van der Waals surface area contributed by atoms with Crippen LogP contribution < -0.4 is 0 Å². The SMILES string of the molecule is CC1C(=O)C2=C(C(=O)C1C)C1(CC2)N=Nc2cnncc21. The zero-order valence-electron chi connectivity index (χ0n) is 11.8. The Kier molecular flexibility index (Phi) is 2.32. The largest absolute Gasteiger partial charge is 0.294 e. The van der Waals surface area contributed by atoms with Gasteiger partial charge in [-0.25, -0.2) is 0 Å². The van der Waals surface area contributed by atoms with Crippen LogP contribution in [0.4, 0.5) is 5.69 Å². The zero-order chi connectivity index (χ0) is 14.8. The Morgan fingerprint density at radius 3 is 2.62 bits per heavy atom. The average molecular weight is 282 g/mol. The number of carbonyl (C=O) groups excluding carboxylic acids is 2. The molecule has 0 fully saturated rings. The highest BCUT2D eigenvalue weighted by Gasteiger charge is 2.55. The number of allylic oxidation sites excluding steroid dienone is 1. The van der Waals surface area contributed by atoms with Gasteiger partial charge in [0.1, 0.15) is 11.2 Å². The van der Waals surface area contributed by atoms with Gasteiger partial charge in [0, 0.05) is 28.5 Å². The van der Waals surface area contributed by atoms with Gasteiger partial charge in [-0.3, -0.25) is 9.59 Å². The van der Waals surface area contributed by atoms with Crippen molar-refractivity contribution in [1.29, 1.82) is 0 Å². The van der Waals surface area contributed by atoms with Crippen molar-refractivity contribution in [3.63, 3.8) is 0 Å². The predicted octanol–water partition coefficient (Wildman–Crippen LogP) is 2.28. The third-order valence-electron chi connectivity index (χ3n) is 5.06. The van der Waals surface area contributed by atoms with Crippen molar-refractivity contribution in [2.24, 2.45) is 22.1 Å². The van der Waals surface area contributed by atoms with E-state index >= 15 is 0 Å². The number of ketones is 2. The van der Waals surface area contributed by atoms with Crippen LogP contribution in [0.5, 0.6) is 0 Å². The molecule has 21 heavy (non-hydrogen) atoms. The van der Waals surface area contributed by atoms with E-state index in [-0.39, 0.29) is 23.4 Å². The highest BCUT2D eigenvalue weighted by molar-refractivity contribution is 6.15. The molecule has 2 aliphatic carbocycles. The van der Waals surface area contributed by atoms with E-state index in [2.05, 4.69) is 20.4 Å². The highest BCUT2D eigenvalue weighted by Crippen LogP contribution is 2.55. The zero-order valence-corrected chi connectivity index (χ0v) is 11.8. The first kappa shape index (κ1) is 12.5. The van der Waals surface area contributed by atoms with Gasteiger partial charge in [0.2, 0.25) is 0 Å². The summed E-state index contributed by atoms with van der Waals surface area (Å²) in [5.74, 6) is -0.446. The molecule has 0 radical (unpaired) electrons. The van der Waals surface area contributed by atoms with Crippen LogP contribution >= 0.6 is 0 Å². The summed E-state index contributed by atoms with van der Waals surface area (Å²) in [5.41, 5.74) is 1.83. The summed E-state index contributed by atoms with van der Waals surface area (Å²) in [4.78, 5) is 25.3. The van der Waals surface area contributed by atoms with Gasteiger partial charge in [0.15, 0.2) is 11.6 Å². The summed E-state index contributed by atoms with van der Waals surface area (Å²) in [5, 5.41) is 16.2. The van der Waals surface area contributed by atoms with Crippen LogP contribution in [0.1, 0.15) is 32.3 Å². The molecule has 106 valence electrons. The standard InChI is InChI=1S/C15H14N4O2/c1-7-8(2)14(21)12-9(13(7)20)3-4-15(12)10-5-16-17-6-11(10)18-19-15/h5-8H,3-4H2,1-2H3. The van der Waals surface area contributed by atoms with Gasteiger partial charge < -0.3 is 0 Å². The number of hydrogen-bond acceptors (Lipinski definition) is 6. The summed E-state index contributed by atoms with van der Waals surface area (Å²) >= 11 is 0. The second kappa shape index (κ2) is 3.90. The molecule has 1 spiro atoms. The Bertz CT molecular complexity index is 752. The second-order valence-electron chi connectivity index (χ2n) is 6.01. The molecule has 6 heteroatoms. The van der Waals surface area contributed by atoms with Gasteiger partial charge in [0.25, 0.3) is 0 Å². The molecule has 1 aromatic heterocycles. The molecule has 2 heterocycles. The van der Waals surface area contributed by atoms with Gasteiger partial charge in [-0.1, -0.05) is 13.8 Å². The smallest absolute Gasteiger partial charge is 0.165 e. The van der Waals surface area contributed by atoms with Crippen LogP contribution in [-0.4, -0.2) is 21.8 Å². The molecule has 4 rings (SSSR count). The van der Waals surface area contributed by atoms with E-state index in [0.29, 0.717) is 29.7 Å². The van der Waals surface area contributed by atoms with Crippen LogP contribution in [0.15, 0.2) is 33.8 Å². The van der Waals surface area contributed by atoms with Crippen molar-refractivity contribution < 1.29 is 9.59 Å². The normalized spacial score (nSPS) is 33.8. The van der Waals surface area contributed by atoms with E-state index in [1.165, 1.54) is 0 Å². The molecular weight excluding hydrogens is 268 g/mol. The molecule has 6 nitrogen and oxygen atoms in total. The summed E-state index contributed by atoms with van der Waals surface area (Å²) in [6.07, 6.45) is 4.35. The molecule has 0 bridgehead atoms. The molecule has 1 aliphatic heterocycles. The van der Waals surface area contributed by atoms with Gasteiger partial charge in [-0.2, -0.15) is 20.4 Å². The number of hydrogen-bond donors (Lipinski definition) is 0. The first-order valence-electron chi connectivity index (χ1n) is 7.12. The van der Waals surface area contributed by atoms with Gasteiger partial charge in [0.05, 0.1) is 12.4 Å². The Morgan fingerprint density at radius 2 is 1.81 bits per heavy atom.